The average molecular weight is 430 g/mol. The molecular weight excluding hydrogens is 410 g/mol. The van der Waals surface area contributed by atoms with E-state index in [0.29, 0.717) is 32.6 Å². The molecule has 2 heterocycles. The van der Waals surface area contributed by atoms with Crippen molar-refractivity contribution in [1.29, 1.82) is 0 Å². The second-order valence-corrected chi connectivity index (χ2v) is 9.14. The Balaban J connectivity index is 1.57. The maximum absolute atomic E-state index is 12.6. The summed E-state index contributed by atoms with van der Waals surface area (Å²) in [5.74, 6) is -0.0569. The van der Waals surface area contributed by atoms with Gasteiger partial charge < -0.3 is 9.74 Å². The van der Waals surface area contributed by atoms with Crippen LogP contribution in [0.2, 0.25) is 0 Å². The van der Waals surface area contributed by atoms with Crippen LogP contribution < -0.4 is 0 Å². The van der Waals surface area contributed by atoms with Gasteiger partial charge >= 0.3 is 0 Å². The summed E-state index contributed by atoms with van der Waals surface area (Å²) in [5.41, 5.74) is 1.66. The molecule has 0 N–H and O–H groups in total. The van der Waals surface area contributed by atoms with Gasteiger partial charge in [0.2, 0.25) is 16.1 Å². The molecular formula is C16H20BrN3O4S. The Morgan fingerprint density at radius 1 is 1.32 bits per heavy atom. The molecule has 0 aromatic heterocycles. The van der Waals surface area contributed by atoms with Gasteiger partial charge in [0.15, 0.2) is 0 Å². The number of hydrogen-bond acceptors (Lipinski definition) is 5. The van der Waals surface area contributed by atoms with Crippen molar-refractivity contribution in [2.24, 2.45) is 5.16 Å². The second kappa shape index (κ2) is 7.43. The normalized spacial score (nSPS) is 21.8. The number of oxime groups is 1. The van der Waals surface area contributed by atoms with Gasteiger partial charge in [0, 0.05) is 42.6 Å². The fraction of sp³-hybridized carbons (Fsp3) is 0.500. The molecule has 1 fully saturated rings. The van der Waals surface area contributed by atoms with Crippen LogP contribution in [0.1, 0.15) is 18.9 Å². The van der Waals surface area contributed by atoms with Gasteiger partial charge in [-0.1, -0.05) is 33.2 Å². The van der Waals surface area contributed by atoms with Gasteiger partial charge in [-0.05, 0) is 19.1 Å². The summed E-state index contributed by atoms with van der Waals surface area (Å²) >= 11 is 3.42. The molecule has 1 saturated heterocycles. The number of carbonyl (C=O) groups excluding carboxylic acids is 1. The van der Waals surface area contributed by atoms with Crippen LogP contribution in [0.25, 0.3) is 0 Å². The summed E-state index contributed by atoms with van der Waals surface area (Å²) in [4.78, 5) is 19.6. The summed E-state index contributed by atoms with van der Waals surface area (Å²) in [6.07, 6.45) is -0.216. The fourth-order valence-electron chi connectivity index (χ4n) is 2.92. The van der Waals surface area contributed by atoms with Crippen LogP contribution in [0.5, 0.6) is 0 Å². The van der Waals surface area contributed by atoms with Crippen LogP contribution in [0, 0.1) is 0 Å². The van der Waals surface area contributed by atoms with Crippen molar-refractivity contribution in [3.63, 3.8) is 0 Å². The first-order valence-electron chi connectivity index (χ1n) is 8.16. The molecule has 1 unspecified atom stereocenters. The Labute approximate surface area is 155 Å². The van der Waals surface area contributed by atoms with E-state index in [2.05, 4.69) is 21.1 Å². The first-order chi connectivity index (χ1) is 11.9. The summed E-state index contributed by atoms with van der Waals surface area (Å²) in [5, 5.41) is 4.05. The van der Waals surface area contributed by atoms with Crippen molar-refractivity contribution < 1.29 is 18.0 Å². The third-order valence-electron chi connectivity index (χ3n) is 4.41. The smallest absolute Gasteiger partial charge is 0.266 e. The molecule has 136 valence electrons. The molecule has 0 radical (unpaired) electrons. The van der Waals surface area contributed by atoms with Crippen LogP contribution in [0.3, 0.4) is 0 Å². The molecule has 2 aliphatic heterocycles. The number of hydrogen-bond donors (Lipinski definition) is 0. The predicted octanol–water partition coefficient (Wildman–Crippen LogP) is 1.44. The van der Waals surface area contributed by atoms with E-state index in [9.17, 15) is 13.2 Å². The molecule has 25 heavy (non-hydrogen) atoms. The van der Waals surface area contributed by atoms with Crippen LogP contribution in [-0.2, 0) is 19.7 Å². The summed E-state index contributed by atoms with van der Waals surface area (Å²) in [7, 11) is -3.20. The van der Waals surface area contributed by atoms with Crippen LogP contribution in [0.15, 0.2) is 33.9 Å². The Morgan fingerprint density at radius 3 is 2.68 bits per heavy atom. The first-order valence-corrected chi connectivity index (χ1v) is 10.6. The molecule has 0 aliphatic carbocycles. The zero-order chi connectivity index (χ0) is 18.0. The third-order valence-corrected chi connectivity index (χ3v) is 6.79. The monoisotopic (exact) mass is 429 g/mol. The lowest BCUT2D eigenvalue weighted by Gasteiger charge is -2.34. The minimum atomic E-state index is -3.20. The number of amides is 1. The van der Waals surface area contributed by atoms with Gasteiger partial charge in [-0.15, -0.1) is 0 Å². The highest BCUT2D eigenvalue weighted by Crippen LogP contribution is 2.21. The Kier molecular flexibility index (Phi) is 5.45. The zero-order valence-electron chi connectivity index (χ0n) is 13.9. The van der Waals surface area contributed by atoms with Crippen molar-refractivity contribution in [3.8, 4) is 0 Å². The molecule has 0 spiro atoms. The number of piperazine rings is 1. The van der Waals surface area contributed by atoms with Gasteiger partial charge in [0.1, 0.15) is 0 Å². The van der Waals surface area contributed by atoms with Crippen molar-refractivity contribution in [2.75, 3.05) is 31.9 Å². The largest absolute Gasteiger partial charge is 0.382 e. The highest BCUT2D eigenvalue weighted by molar-refractivity contribution is 9.10. The molecule has 1 atom stereocenters. The molecule has 3 rings (SSSR count). The number of sulfonamides is 1. The van der Waals surface area contributed by atoms with Gasteiger partial charge in [0.05, 0.1) is 11.5 Å². The van der Waals surface area contributed by atoms with Crippen molar-refractivity contribution in [1.82, 2.24) is 9.21 Å². The summed E-state index contributed by atoms with van der Waals surface area (Å²) < 4.78 is 26.2. The average Bonchev–Trinajstić information content (AvgIpc) is 3.11. The van der Waals surface area contributed by atoms with E-state index in [-0.39, 0.29) is 11.7 Å². The Morgan fingerprint density at radius 2 is 2.04 bits per heavy atom. The maximum Gasteiger partial charge on any atom is 0.266 e. The molecule has 0 bridgehead atoms. The maximum atomic E-state index is 12.6. The fourth-order valence-corrected chi connectivity index (χ4v) is 4.41. The molecule has 7 nitrogen and oxygen atoms in total. The van der Waals surface area contributed by atoms with Crippen LogP contribution in [-0.4, -0.2) is 67.3 Å². The molecule has 0 saturated carbocycles. The molecule has 9 heteroatoms. The number of rotatable bonds is 4. The number of nitrogens with zero attached hydrogens (tertiary/aromatic N) is 3. The number of halogens is 1. The van der Waals surface area contributed by atoms with Crippen molar-refractivity contribution in [3.05, 3.63) is 34.3 Å². The van der Waals surface area contributed by atoms with E-state index in [1.807, 2.05) is 24.3 Å². The first kappa shape index (κ1) is 18.3. The van der Waals surface area contributed by atoms with Gasteiger partial charge in [-0.25, -0.2) is 8.42 Å². The van der Waals surface area contributed by atoms with E-state index in [1.165, 1.54) is 4.31 Å². The number of carbonyl (C=O) groups is 1. The Bertz CT molecular complexity index is 788. The minimum Gasteiger partial charge on any atom is -0.382 e. The third kappa shape index (κ3) is 4.04. The standard InChI is InChI=1S/C16H20BrN3O4S/c1-2-25(22,23)20-8-6-19(7-9-20)16(21)15-11-14(18-24-15)12-4-3-5-13(17)10-12/h3-5,10,15H,2,6-9,11H2,1H3. The highest BCUT2D eigenvalue weighted by atomic mass is 79.9. The lowest BCUT2D eigenvalue weighted by atomic mass is 10.0. The summed E-state index contributed by atoms with van der Waals surface area (Å²) in [6, 6.07) is 7.69. The SMILES string of the molecule is CCS(=O)(=O)N1CCN(C(=O)C2CC(c3cccc(Br)c3)=NO2)CC1. The van der Waals surface area contributed by atoms with E-state index >= 15 is 0 Å². The van der Waals surface area contributed by atoms with E-state index in [4.69, 9.17) is 4.84 Å². The summed E-state index contributed by atoms with van der Waals surface area (Å²) in [6.45, 7) is 3.04. The lowest BCUT2D eigenvalue weighted by Crippen LogP contribution is -2.53. The molecule has 1 amide bonds. The van der Waals surface area contributed by atoms with Gasteiger partial charge in [0.25, 0.3) is 5.91 Å². The minimum absolute atomic E-state index is 0.0799. The number of benzene rings is 1. The topological polar surface area (TPSA) is 79.3 Å². The molecule has 2 aliphatic rings. The quantitative estimate of drug-likeness (QED) is 0.724. The lowest BCUT2D eigenvalue weighted by molar-refractivity contribution is -0.143. The van der Waals surface area contributed by atoms with Gasteiger partial charge in [-0.2, -0.15) is 4.31 Å². The van der Waals surface area contributed by atoms with Crippen LogP contribution in [0.4, 0.5) is 0 Å². The van der Waals surface area contributed by atoms with E-state index in [1.54, 1.807) is 11.8 Å². The van der Waals surface area contributed by atoms with Crippen LogP contribution >= 0.6 is 15.9 Å². The second-order valence-electron chi connectivity index (χ2n) is 5.97. The van der Waals surface area contributed by atoms with Crippen molar-refractivity contribution >= 4 is 37.6 Å². The highest BCUT2D eigenvalue weighted by Gasteiger charge is 2.35. The Hall–Kier alpha value is -1.45. The molecule has 1 aromatic rings. The molecule has 1 aromatic carbocycles. The zero-order valence-corrected chi connectivity index (χ0v) is 16.3. The van der Waals surface area contributed by atoms with E-state index in [0.717, 1.165) is 15.7 Å². The van der Waals surface area contributed by atoms with Gasteiger partial charge in [-0.3, -0.25) is 4.79 Å². The van der Waals surface area contributed by atoms with E-state index < -0.39 is 16.1 Å². The van der Waals surface area contributed by atoms with Crippen molar-refractivity contribution in [2.45, 2.75) is 19.4 Å². The predicted molar refractivity (Wildman–Crippen MR) is 97.8 cm³/mol.